The normalized spacial score (nSPS) is 14.2. The van der Waals surface area contributed by atoms with E-state index in [1.807, 2.05) is 18.2 Å². The predicted molar refractivity (Wildman–Crippen MR) is 122 cm³/mol. The number of rotatable bonds is 7. The first-order valence-electron chi connectivity index (χ1n) is 9.41. The number of thiazole rings is 1. The van der Waals surface area contributed by atoms with Gasteiger partial charge in [-0.2, -0.15) is 0 Å². The SMILES string of the molecule is CN(Cc1ccccc1NC(=O)c1csc(CCN)n1)C1CCCCC1.Cl.Cl. The maximum Gasteiger partial charge on any atom is 0.275 e. The van der Waals surface area contributed by atoms with E-state index in [4.69, 9.17) is 5.73 Å². The van der Waals surface area contributed by atoms with Gasteiger partial charge in [-0.05, 0) is 38.1 Å². The molecular weight excluding hydrogens is 415 g/mol. The van der Waals surface area contributed by atoms with Crippen molar-refractivity contribution in [3.63, 3.8) is 0 Å². The van der Waals surface area contributed by atoms with Gasteiger partial charge in [0.05, 0.1) is 5.01 Å². The van der Waals surface area contributed by atoms with Gasteiger partial charge in [-0.25, -0.2) is 4.98 Å². The summed E-state index contributed by atoms with van der Waals surface area (Å²) in [5, 5.41) is 5.75. The third-order valence-electron chi connectivity index (χ3n) is 5.03. The molecule has 5 nitrogen and oxygen atoms in total. The number of nitrogens with two attached hydrogens (primary N) is 1. The fourth-order valence-electron chi connectivity index (χ4n) is 3.54. The van der Waals surface area contributed by atoms with E-state index >= 15 is 0 Å². The predicted octanol–water partition coefficient (Wildman–Crippen LogP) is 4.50. The van der Waals surface area contributed by atoms with Crippen LogP contribution in [0.2, 0.25) is 0 Å². The molecule has 156 valence electrons. The van der Waals surface area contributed by atoms with Crippen molar-refractivity contribution in [2.75, 3.05) is 18.9 Å². The van der Waals surface area contributed by atoms with E-state index in [1.54, 1.807) is 5.38 Å². The largest absolute Gasteiger partial charge is 0.330 e. The second-order valence-electron chi connectivity index (χ2n) is 6.98. The van der Waals surface area contributed by atoms with Gasteiger partial charge < -0.3 is 11.1 Å². The van der Waals surface area contributed by atoms with Gasteiger partial charge in [0, 0.05) is 30.1 Å². The van der Waals surface area contributed by atoms with Crippen molar-refractivity contribution < 1.29 is 4.79 Å². The lowest BCUT2D eigenvalue weighted by molar-refractivity contribution is 0.102. The fourth-order valence-corrected chi connectivity index (χ4v) is 4.33. The van der Waals surface area contributed by atoms with E-state index in [0.717, 1.165) is 22.8 Å². The first kappa shape index (κ1) is 24.9. The molecule has 1 aromatic heterocycles. The van der Waals surface area contributed by atoms with Gasteiger partial charge in [-0.15, -0.1) is 36.2 Å². The summed E-state index contributed by atoms with van der Waals surface area (Å²) in [7, 11) is 2.19. The number of carbonyl (C=O) groups excluding carboxylic acids is 1. The van der Waals surface area contributed by atoms with Crippen molar-refractivity contribution in [1.29, 1.82) is 0 Å². The molecule has 1 aliphatic rings. The molecule has 1 aromatic carbocycles. The van der Waals surface area contributed by atoms with Crippen LogP contribution in [0.15, 0.2) is 29.6 Å². The van der Waals surface area contributed by atoms with Crippen molar-refractivity contribution in [2.24, 2.45) is 5.73 Å². The number of halogens is 2. The highest BCUT2D eigenvalue weighted by atomic mass is 35.5. The summed E-state index contributed by atoms with van der Waals surface area (Å²) < 4.78 is 0. The number of nitrogens with one attached hydrogen (secondary N) is 1. The van der Waals surface area contributed by atoms with Gasteiger partial charge in [0.15, 0.2) is 0 Å². The number of hydrogen-bond donors (Lipinski definition) is 2. The minimum atomic E-state index is -0.155. The molecule has 3 N–H and O–H groups in total. The summed E-state index contributed by atoms with van der Waals surface area (Å²) in [5.41, 5.74) is 8.04. The molecular formula is C20H30Cl2N4OS. The molecule has 0 radical (unpaired) electrons. The number of anilines is 1. The van der Waals surface area contributed by atoms with E-state index < -0.39 is 0 Å². The molecule has 0 aliphatic heterocycles. The number of benzene rings is 1. The smallest absolute Gasteiger partial charge is 0.275 e. The van der Waals surface area contributed by atoms with E-state index in [0.29, 0.717) is 24.7 Å². The molecule has 1 amide bonds. The van der Waals surface area contributed by atoms with Gasteiger partial charge in [0.25, 0.3) is 5.91 Å². The average molecular weight is 445 g/mol. The van der Waals surface area contributed by atoms with Gasteiger partial charge in [-0.3, -0.25) is 9.69 Å². The second-order valence-corrected chi connectivity index (χ2v) is 7.93. The summed E-state index contributed by atoms with van der Waals surface area (Å²) in [4.78, 5) is 19.4. The molecule has 0 saturated heterocycles. The fraction of sp³-hybridized carbons (Fsp3) is 0.500. The van der Waals surface area contributed by atoms with Crippen LogP contribution < -0.4 is 11.1 Å². The zero-order valence-corrected chi connectivity index (χ0v) is 18.7. The van der Waals surface area contributed by atoms with Crippen LogP contribution in [0.4, 0.5) is 5.69 Å². The summed E-state index contributed by atoms with van der Waals surface area (Å²) in [6.45, 7) is 1.39. The van der Waals surface area contributed by atoms with Gasteiger partial charge in [0.2, 0.25) is 0 Å². The molecule has 28 heavy (non-hydrogen) atoms. The van der Waals surface area contributed by atoms with E-state index in [9.17, 15) is 4.79 Å². The Hall–Kier alpha value is -1.18. The highest BCUT2D eigenvalue weighted by Gasteiger charge is 2.19. The Morgan fingerprint density at radius 1 is 1.25 bits per heavy atom. The standard InChI is InChI=1S/C20H28N4OS.2ClH/c1-24(16-8-3-2-4-9-16)13-15-7-5-6-10-17(15)23-20(25)18-14-26-19(22-18)11-12-21;;/h5-7,10,14,16H,2-4,8-9,11-13,21H2,1H3,(H,23,25);2*1H. The van der Waals surface area contributed by atoms with Crippen LogP contribution in [0.3, 0.4) is 0 Å². The summed E-state index contributed by atoms with van der Waals surface area (Å²) in [6, 6.07) is 8.69. The number of carbonyl (C=O) groups is 1. The number of para-hydroxylation sites is 1. The first-order valence-corrected chi connectivity index (χ1v) is 10.3. The lowest BCUT2D eigenvalue weighted by atomic mass is 9.94. The van der Waals surface area contributed by atoms with E-state index in [1.165, 1.54) is 43.4 Å². The van der Waals surface area contributed by atoms with Crippen molar-refractivity contribution in [3.8, 4) is 0 Å². The molecule has 1 saturated carbocycles. The molecule has 0 unspecified atom stereocenters. The minimum Gasteiger partial charge on any atom is -0.330 e. The molecule has 3 rings (SSSR count). The average Bonchev–Trinajstić information content (AvgIpc) is 3.13. The van der Waals surface area contributed by atoms with Crippen LogP contribution in [0.25, 0.3) is 0 Å². The van der Waals surface area contributed by atoms with E-state index in [2.05, 4.69) is 28.3 Å². The van der Waals surface area contributed by atoms with Gasteiger partial charge in [-0.1, -0.05) is 37.5 Å². The van der Waals surface area contributed by atoms with Crippen molar-refractivity contribution in [2.45, 2.75) is 51.1 Å². The lowest BCUT2D eigenvalue weighted by Gasteiger charge is -2.31. The molecule has 0 spiro atoms. The number of aromatic nitrogens is 1. The first-order chi connectivity index (χ1) is 12.7. The summed E-state index contributed by atoms with van der Waals surface area (Å²) in [5.74, 6) is -0.155. The Balaban J connectivity index is 0.00000196. The van der Waals surface area contributed by atoms with Crippen LogP contribution in [0, 0.1) is 0 Å². The lowest BCUT2D eigenvalue weighted by Crippen LogP contribution is -2.33. The highest BCUT2D eigenvalue weighted by Crippen LogP contribution is 2.25. The zero-order chi connectivity index (χ0) is 18.4. The maximum absolute atomic E-state index is 12.6. The Bertz CT molecular complexity index is 735. The van der Waals surface area contributed by atoms with Crippen LogP contribution in [-0.2, 0) is 13.0 Å². The number of amides is 1. The van der Waals surface area contributed by atoms with Gasteiger partial charge in [0.1, 0.15) is 5.69 Å². The molecule has 2 aromatic rings. The Kier molecular flexibility index (Phi) is 11.0. The number of nitrogens with zero attached hydrogens (tertiary/aromatic N) is 2. The molecule has 0 bridgehead atoms. The van der Waals surface area contributed by atoms with E-state index in [-0.39, 0.29) is 30.7 Å². The maximum atomic E-state index is 12.6. The third kappa shape index (κ3) is 6.71. The monoisotopic (exact) mass is 444 g/mol. The minimum absolute atomic E-state index is 0. The molecule has 1 heterocycles. The molecule has 1 aliphatic carbocycles. The molecule has 0 atom stereocenters. The van der Waals surface area contributed by atoms with Gasteiger partial charge >= 0.3 is 0 Å². The van der Waals surface area contributed by atoms with Crippen molar-refractivity contribution >= 4 is 47.7 Å². The van der Waals surface area contributed by atoms with Crippen LogP contribution in [-0.4, -0.2) is 35.4 Å². The van der Waals surface area contributed by atoms with Crippen LogP contribution >= 0.6 is 36.2 Å². The Morgan fingerprint density at radius 2 is 1.96 bits per heavy atom. The summed E-state index contributed by atoms with van der Waals surface area (Å²) >= 11 is 1.49. The number of hydrogen-bond acceptors (Lipinski definition) is 5. The topological polar surface area (TPSA) is 71.2 Å². The highest BCUT2D eigenvalue weighted by molar-refractivity contribution is 7.09. The van der Waals surface area contributed by atoms with Crippen LogP contribution in [0.1, 0.15) is 53.2 Å². The molecule has 8 heteroatoms. The Morgan fingerprint density at radius 3 is 2.68 bits per heavy atom. The quantitative estimate of drug-likeness (QED) is 0.658. The molecule has 1 fully saturated rings. The van der Waals surface area contributed by atoms with Crippen LogP contribution in [0.5, 0.6) is 0 Å². The summed E-state index contributed by atoms with van der Waals surface area (Å²) in [6.07, 6.45) is 7.25. The third-order valence-corrected chi connectivity index (χ3v) is 5.93. The van der Waals surface area contributed by atoms with Crippen molar-refractivity contribution in [1.82, 2.24) is 9.88 Å². The second kappa shape index (κ2) is 12.4. The zero-order valence-electron chi connectivity index (χ0n) is 16.2. The Labute approximate surface area is 183 Å². The van der Waals surface area contributed by atoms with Crippen molar-refractivity contribution in [3.05, 3.63) is 45.9 Å².